The summed E-state index contributed by atoms with van der Waals surface area (Å²) in [5.74, 6) is 1.66. The van der Waals surface area contributed by atoms with Crippen molar-refractivity contribution < 1.29 is 8.81 Å². The Balaban J connectivity index is 2.11. The van der Waals surface area contributed by atoms with Crippen molar-refractivity contribution in [1.29, 1.82) is 0 Å². The van der Waals surface area contributed by atoms with E-state index in [0.29, 0.717) is 0 Å². The lowest BCUT2D eigenvalue weighted by molar-refractivity contribution is 0.398. The van der Waals surface area contributed by atoms with Gasteiger partial charge >= 0.3 is 0 Å². The minimum Gasteiger partial charge on any atom is -0.465 e. The molecule has 0 saturated carbocycles. The Kier molecular flexibility index (Phi) is 4.74. The molecule has 0 fully saturated rings. The first-order valence-electron chi connectivity index (χ1n) is 6.73. The van der Waals surface area contributed by atoms with Crippen LogP contribution in [0.2, 0.25) is 0 Å². The van der Waals surface area contributed by atoms with Crippen molar-refractivity contribution in [2.45, 2.75) is 32.7 Å². The Morgan fingerprint density at radius 1 is 1.16 bits per heavy atom. The Labute approximate surface area is 113 Å². The molecule has 1 N–H and O–H groups in total. The molecule has 1 aromatic heterocycles. The Hall–Kier alpha value is -1.61. The van der Waals surface area contributed by atoms with E-state index in [-0.39, 0.29) is 11.9 Å². The first kappa shape index (κ1) is 13.8. The van der Waals surface area contributed by atoms with Gasteiger partial charge in [-0.25, -0.2) is 4.39 Å². The first-order valence-corrected chi connectivity index (χ1v) is 6.73. The third-order valence-electron chi connectivity index (χ3n) is 3.10. The molecule has 0 spiro atoms. The number of benzene rings is 1. The molecular weight excluding hydrogens is 241 g/mol. The average Bonchev–Trinajstić information content (AvgIpc) is 2.83. The van der Waals surface area contributed by atoms with Gasteiger partial charge in [-0.05, 0) is 56.1 Å². The third kappa shape index (κ3) is 3.93. The fourth-order valence-electron chi connectivity index (χ4n) is 2.09. The molecule has 0 saturated heterocycles. The standard InChI is InChI=1S/C16H20FNO/c1-3-10-18-15(16-9-4-12(2)19-16)11-13-5-7-14(17)8-6-13/h4-9,15,18H,3,10-11H2,1-2H3. The number of aryl methyl sites for hydroxylation is 1. The maximum absolute atomic E-state index is 12.9. The predicted octanol–water partition coefficient (Wildman–Crippen LogP) is 4.01. The van der Waals surface area contributed by atoms with Crippen LogP contribution in [0, 0.1) is 12.7 Å². The summed E-state index contributed by atoms with van der Waals surface area (Å²) in [6.07, 6.45) is 1.87. The van der Waals surface area contributed by atoms with Crippen molar-refractivity contribution in [1.82, 2.24) is 5.32 Å². The third-order valence-corrected chi connectivity index (χ3v) is 3.10. The van der Waals surface area contributed by atoms with Gasteiger partial charge in [0.1, 0.15) is 17.3 Å². The van der Waals surface area contributed by atoms with Crippen molar-refractivity contribution in [3.05, 3.63) is 59.3 Å². The highest BCUT2D eigenvalue weighted by Gasteiger charge is 2.15. The number of nitrogens with one attached hydrogen (secondary N) is 1. The van der Waals surface area contributed by atoms with Crippen molar-refractivity contribution in [3.8, 4) is 0 Å². The van der Waals surface area contributed by atoms with Crippen molar-refractivity contribution in [2.24, 2.45) is 0 Å². The van der Waals surface area contributed by atoms with Crippen LogP contribution in [0.5, 0.6) is 0 Å². The summed E-state index contributed by atoms with van der Waals surface area (Å²) in [6, 6.07) is 10.8. The lowest BCUT2D eigenvalue weighted by Crippen LogP contribution is -2.23. The second-order valence-electron chi connectivity index (χ2n) is 4.79. The van der Waals surface area contributed by atoms with Gasteiger partial charge in [-0.1, -0.05) is 19.1 Å². The topological polar surface area (TPSA) is 25.2 Å². The van der Waals surface area contributed by atoms with Gasteiger partial charge in [-0.2, -0.15) is 0 Å². The summed E-state index contributed by atoms with van der Waals surface area (Å²) in [5.41, 5.74) is 1.10. The van der Waals surface area contributed by atoms with Gasteiger partial charge in [-0.15, -0.1) is 0 Å². The largest absolute Gasteiger partial charge is 0.465 e. The molecule has 3 heteroatoms. The summed E-state index contributed by atoms with van der Waals surface area (Å²) in [5, 5.41) is 3.47. The van der Waals surface area contributed by atoms with Crippen LogP contribution in [0.1, 0.15) is 36.5 Å². The first-order chi connectivity index (χ1) is 9.19. The van der Waals surface area contributed by atoms with E-state index in [1.165, 1.54) is 12.1 Å². The highest BCUT2D eigenvalue weighted by atomic mass is 19.1. The molecule has 2 nitrogen and oxygen atoms in total. The number of hydrogen-bond acceptors (Lipinski definition) is 2. The number of rotatable bonds is 6. The van der Waals surface area contributed by atoms with Crippen LogP contribution in [0.25, 0.3) is 0 Å². The van der Waals surface area contributed by atoms with Crippen LogP contribution in [-0.2, 0) is 6.42 Å². The molecular formula is C16H20FNO. The van der Waals surface area contributed by atoms with Crippen molar-refractivity contribution >= 4 is 0 Å². The zero-order valence-corrected chi connectivity index (χ0v) is 11.4. The minimum absolute atomic E-state index is 0.138. The average molecular weight is 261 g/mol. The van der Waals surface area contributed by atoms with Crippen LogP contribution in [-0.4, -0.2) is 6.54 Å². The minimum atomic E-state index is -0.198. The molecule has 0 radical (unpaired) electrons. The van der Waals surface area contributed by atoms with Crippen LogP contribution in [0.4, 0.5) is 4.39 Å². The Morgan fingerprint density at radius 3 is 2.47 bits per heavy atom. The van der Waals surface area contributed by atoms with E-state index in [9.17, 15) is 4.39 Å². The molecule has 0 aliphatic carbocycles. The Bertz CT molecular complexity index is 504. The van der Waals surface area contributed by atoms with Gasteiger partial charge in [0.25, 0.3) is 0 Å². The predicted molar refractivity (Wildman–Crippen MR) is 74.6 cm³/mol. The SMILES string of the molecule is CCCNC(Cc1ccc(F)cc1)c1ccc(C)o1. The molecule has 2 aromatic rings. The molecule has 0 aliphatic heterocycles. The van der Waals surface area contributed by atoms with Gasteiger partial charge in [0, 0.05) is 0 Å². The summed E-state index contributed by atoms with van der Waals surface area (Å²) in [6.45, 7) is 5.01. The van der Waals surface area contributed by atoms with Crippen LogP contribution < -0.4 is 5.32 Å². The molecule has 0 aliphatic rings. The van der Waals surface area contributed by atoms with Gasteiger partial charge in [-0.3, -0.25) is 0 Å². The second-order valence-corrected chi connectivity index (χ2v) is 4.79. The molecule has 1 atom stereocenters. The van der Waals surface area contributed by atoms with E-state index >= 15 is 0 Å². The molecule has 0 amide bonds. The summed E-state index contributed by atoms with van der Waals surface area (Å²) in [7, 11) is 0. The van der Waals surface area contributed by atoms with E-state index in [1.54, 1.807) is 0 Å². The maximum Gasteiger partial charge on any atom is 0.123 e. The van der Waals surface area contributed by atoms with E-state index in [0.717, 1.165) is 36.5 Å². The maximum atomic E-state index is 12.9. The van der Waals surface area contributed by atoms with E-state index in [1.807, 2.05) is 31.2 Å². The fraction of sp³-hybridized carbons (Fsp3) is 0.375. The van der Waals surface area contributed by atoms with Crippen LogP contribution in [0.15, 0.2) is 40.8 Å². The smallest absolute Gasteiger partial charge is 0.123 e. The van der Waals surface area contributed by atoms with Crippen molar-refractivity contribution in [3.63, 3.8) is 0 Å². The molecule has 1 heterocycles. The lowest BCUT2D eigenvalue weighted by Gasteiger charge is -2.16. The molecule has 0 bridgehead atoms. The van der Waals surface area contributed by atoms with E-state index in [2.05, 4.69) is 12.2 Å². The Morgan fingerprint density at radius 2 is 1.89 bits per heavy atom. The zero-order valence-electron chi connectivity index (χ0n) is 11.4. The fourth-order valence-corrected chi connectivity index (χ4v) is 2.09. The van der Waals surface area contributed by atoms with Crippen LogP contribution in [0.3, 0.4) is 0 Å². The van der Waals surface area contributed by atoms with Gasteiger partial charge in [0.2, 0.25) is 0 Å². The zero-order chi connectivity index (χ0) is 13.7. The highest BCUT2D eigenvalue weighted by molar-refractivity contribution is 5.20. The summed E-state index contributed by atoms with van der Waals surface area (Å²) >= 11 is 0. The van der Waals surface area contributed by atoms with Crippen molar-refractivity contribution in [2.75, 3.05) is 6.54 Å². The summed E-state index contributed by atoms with van der Waals surface area (Å²) in [4.78, 5) is 0. The molecule has 1 unspecified atom stereocenters. The summed E-state index contributed by atoms with van der Waals surface area (Å²) < 4.78 is 18.6. The quantitative estimate of drug-likeness (QED) is 0.850. The van der Waals surface area contributed by atoms with Gasteiger partial charge in [0.05, 0.1) is 6.04 Å². The molecule has 1 aromatic carbocycles. The second kappa shape index (κ2) is 6.53. The van der Waals surface area contributed by atoms with Gasteiger partial charge in [0.15, 0.2) is 0 Å². The molecule has 19 heavy (non-hydrogen) atoms. The molecule has 102 valence electrons. The van der Waals surface area contributed by atoms with E-state index in [4.69, 9.17) is 4.42 Å². The normalized spacial score (nSPS) is 12.6. The monoisotopic (exact) mass is 261 g/mol. The number of hydrogen-bond donors (Lipinski definition) is 1. The van der Waals surface area contributed by atoms with Gasteiger partial charge < -0.3 is 9.73 Å². The lowest BCUT2D eigenvalue weighted by atomic mass is 10.0. The van der Waals surface area contributed by atoms with Crippen LogP contribution >= 0.6 is 0 Å². The van der Waals surface area contributed by atoms with E-state index < -0.39 is 0 Å². The molecule has 2 rings (SSSR count). The number of halogens is 1. The highest BCUT2D eigenvalue weighted by Crippen LogP contribution is 2.21. The number of furan rings is 1.